The van der Waals surface area contributed by atoms with Gasteiger partial charge in [0.15, 0.2) is 0 Å². The summed E-state index contributed by atoms with van der Waals surface area (Å²) in [4.78, 5) is 8.35. The number of benzene rings is 1. The van der Waals surface area contributed by atoms with Crippen molar-refractivity contribution in [2.75, 3.05) is 5.32 Å². The molecule has 0 aliphatic heterocycles. The van der Waals surface area contributed by atoms with Crippen LogP contribution in [0.5, 0.6) is 0 Å². The fourth-order valence-corrected chi connectivity index (χ4v) is 3.76. The third-order valence-corrected chi connectivity index (χ3v) is 5.36. The summed E-state index contributed by atoms with van der Waals surface area (Å²) >= 11 is 0.796. The number of nitrogens with one attached hydrogen (secondary N) is 1. The lowest BCUT2D eigenvalue weighted by Crippen LogP contribution is -2.32. The normalized spacial score (nSPS) is 20.4. The van der Waals surface area contributed by atoms with Crippen molar-refractivity contribution in [3.05, 3.63) is 29.1 Å². The molecule has 1 aromatic heterocycles. The Labute approximate surface area is 160 Å². The van der Waals surface area contributed by atoms with Crippen molar-refractivity contribution in [1.82, 2.24) is 0 Å². The molecule has 1 aromatic carbocycles. The van der Waals surface area contributed by atoms with Gasteiger partial charge in [-0.2, -0.15) is 26.3 Å². The molecule has 1 aliphatic rings. The number of anilines is 1. The van der Waals surface area contributed by atoms with Crippen LogP contribution < -0.4 is 11.1 Å². The van der Waals surface area contributed by atoms with E-state index in [0.29, 0.717) is 16.1 Å². The van der Waals surface area contributed by atoms with Crippen LogP contribution in [0, 0.1) is 0 Å². The maximum Gasteiger partial charge on any atom is 0.490 e. The zero-order valence-corrected chi connectivity index (χ0v) is 15.2. The highest BCUT2D eigenvalue weighted by atomic mass is 32.1. The number of hydrogen-bond donors (Lipinski definition) is 3. The van der Waals surface area contributed by atoms with E-state index in [1.165, 1.54) is 6.07 Å². The van der Waals surface area contributed by atoms with Crippen LogP contribution in [0.4, 0.5) is 32.0 Å². The Bertz CT molecular complexity index is 810. The first kappa shape index (κ1) is 22.3. The number of alkyl halides is 6. The predicted molar refractivity (Wildman–Crippen MR) is 94.4 cm³/mol. The lowest BCUT2D eigenvalue weighted by atomic mass is 9.91. The van der Waals surface area contributed by atoms with Crippen molar-refractivity contribution in [3.8, 4) is 0 Å². The minimum absolute atomic E-state index is 0.261. The van der Waals surface area contributed by atoms with Crippen LogP contribution in [0.25, 0.3) is 10.1 Å². The molecular formula is C17H18F6N2O2S. The minimum Gasteiger partial charge on any atom is -0.475 e. The van der Waals surface area contributed by atoms with Crippen molar-refractivity contribution in [1.29, 1.82) is 0 Å². The first-order valence-corrected chi connectivity index (χ1v) is 9.11. The molecule has 0 bridgehead atoms. The van der Waals surface area contributed by atoms with Gasteiger partial charge in [-0.25, -0.2) is 4.79 Å². The van der Waals surface area contributed by atoms with Crippen LogP contribution in [0.2, 0.25) is 0 Å². The molecule has 0 amide bonds. The lowest BCUT2D eigenvalue weighted by Gasteiger charge is -2.27. The fraction of sp³-hybridized carbons (Fsp3) is 0.471. The highest BCUT2D eigenvalue weighted by molar-refractivity contribution is 7.19. The molecule has 0 unspecified atom stereocenters. The topological polar surface area (TPSA) is 75.3 Å². The van der Waals surface area contributed by atoms with E-state index < -0.39 is 23.2 Å². The van der Waals surface area contributed by atoms with Gasteiger partial charge in [-0.3, -0.25) is 0 Å². The molecule has 0 saturated heterocycles. The average Bonchev–Trinajstić information content (AvgIpc) is 3.02. The summed E-state index contributed by atoms with van der Waals surface area (Å²) < 4.78 is 70.9. The van der Waals surface area contributed by atoms with Crippen molar-refractivity contribution in [3.63, 3.8) is 0 Å². The second-order valence-corrected chi connectivity index (χ2v) is 7.47. The molecule has 4 N–H and O–H groups in total. The highest BCUT2D eigenvalue weighted by Gasteiger charge is 2.38. The summed E-state index contributed by atoms with van der Waals surface area (Å²) in [5.74, 6) is -2.76. The molecule has 156 valence electrons. The first-order valence-electron chi connectivity index (χ1n) is 8.30. The number of fused-ring (bicyclic) bond motifs is 1. The van der Waals surface area contributed by atoms with Gasteiger partial charge in [0, 0.05) is 27.9 Å². The SMILES string of the molecule is NC1CCC(Nc2cccc3sc(C(F)(F)F)cc23)CC1.O=C(O)C(F)(F)F. The maximum atomic E-state index is 12.8. The molecule has 1 saturated carbocycles. The number of nitrogens with two attached hydrogens (primary N) is 1. The number of carboxylic acids is 1. The largest absolute Gasteiger partial charge is 0.490 e. The number of carbonyl (C=O) groups is 1. The summed E-state index contributed by atoms with van der Waals surface area (Å²) in [6.07, 6.45) is -5.50. The molecule has 0 atom stereocenters. The monoisotopic (exact) mass is 428 g/mol. The van der Waals surface area contributed by atoms with Gasteiger partial charge in [0.05, 0.1) is 0 Å². The van der Waals surface area contributed by atoms with Gasteiger partial charge in [-0.05, 0) is 43.9 Å². The molecule has 1 fully saturated rings. The van der Waals surface area contributed by atoms with E-state index in [9.17, 15) is 26.3 Å². The molecule has 1 heterocycles. The quantitative estimate of drug-likeness (QED) is 0.573. The van der Waals surface area contributed by atoms with Gasteiger partial charge < -0.3 is 16.2 Å². The van der Waals surface area contributed by atoms with E-state index in [1.54, 1.807) is 12.1 Å². The molecule has 11 heteroatoms. The molecule has 1 aliphatic carbocycles. The van der Waals surface area contributed by atoms with Gasteiger partial charge in [-0.1, -0.05) is 6.07 Å². The Morgan fingerprint density at radius 2 is 1.68 bits per heavy atom. The summed E-state index contributed by atoms with van der Waals surface area (Å²) in [5, 5.41) is 11.2. The lowest BCUT2D eigenvalue weighted by molar-refractivity contribution is -0.192. The van der Waals surface area contributed by atoms with E-state index >= 15 is 0 Å². The van der Waals surface area contributed by atoms with Crippen molar-refractivity contribution < 1.29 is 36.2 Å². The van der Waals surface area contributed by atoms with Crippen molar-refractivity contribution in [2.24, 2.45) is 5.73 Å². The zero-order valence-electron chi connectivity index (χ0n) is 14.4. The van der Waals surface area contributed by atoms with E-state index in [4.69, 9.17) is 15.6 Å². The van der Waals surface area contributed by atoms with Gasteiger partial charge in [0.1, 0.15) is 4.88 Å². The van der Waals surface area contributed by atoms with Crippen molar-refractivity contribution in [2.45, 2.75) is 50.1 Å². The van der Waals surface area contributed by atoms with Crippen LogP contribution in [0.15, 0.2) is 24.3 Å². The Hall–Kier alpha value is -2.01. The number of rotatable bonds is 2. The number of carboxylic acid groups (broad SMARTS) is 1. The Balaban J connectivity index is 0.000000345. The molecule has 0 radical (unpaired) electrons. The van der Waals surface area contributed by atoms with E-state index in [-0.39, 0.29) is 6.04 Å². The standard InChI is InChI=1S/C15H17F3N2S.C2HF3O2/c16-15(17,18)14-8-11-12(2-1-3-13(11)21-14)20-10-6-4-9(19)5-7-10;3-2(4,5)1(6)7/h1-3,8-10,20H,4-7,19H2;(H,6,7). The summed E-state index contributed by atoms with van der Waals surface area (Å²) in [6.45, 7) is 0. The minimum atomic E-state index is -5.08. The zero-order chi connectivity index (χ0) is 21.1. The Morgan fingerprint density at radius 3 is 2.18 bits per heavy atom. The molecule has 28 heavy (non-hydrogen) atoms. The molecular weight excluding hydrogens is 410 g/mol. The van der Waals surface area contributed by atoms with Gasteiger partial charge in [0.25, 0.3) is 0 Å². The second kappa shape index (κ2) is 8.56. The average molecular weight is 428 g/mol. The second-order valence-electron chi connectivity index (χ2n) is 6.38. The Kier molecular flexibility index (Phi) is 6.81. The molecule has 0 spiro atoms. The number of aliphatic carboxylic acids is 1. The van der Waals surface area contributed by atoms with Gasteiger partial charge >= 0.3 is 18.3 Å². The fourth-order valence-electron chi connectivity index (χ4n) is 2.81. The first-order chi connectivity index (χ1) is 12.9. The van der Waals surface area contributed by atoms with Gasteiger partial charge in [0.2, 0.25) is 0 Å². The third-order valence-electron chi connectivity index (χ3n) is 4.21. The smallest absolute Gasteiger partial charge is 0.475 e. The summed E-state index contributed by atoms with van der Waals surface area (Å²) in [5.41, 5.74) is 6.67. The summed E-state index contributed by atoms with van der Waals surface area (Å²) in [6, 6.07) is 7.19. The van der Waals surface area contributed by atoms with E-state index in [2.05, 4.69) is 5.32 Å². The van der Waals surface area contributed by atoms with Crippen LogP contribution >= 0.6 is 11.3 Å². The number of halogens is 6. The Morgan fingerprint density at radius 1 is 1.11 bits per heavy atom. The summed E-state index contributed by atoms with van der Waals surface area (Å²) in [7, 11) is 0. The molecule has 2 aromatic rings. The van der Waals surface area contributed by atoms with E-state index in [1.807, 2.05) is 6.07 Å². The number of hydrogen-bond acceptors (Lipinski definition) is 4. The van der Waals surface area contributed by atoms with Crippen molar-refractivity contribution >= 4 is 33.1 Å². The van der Waals surface area contributed by atoms with Crippen LogP contribution in [0.1, 0.15) is 30.6 Å². The molecule has 3 rings (SSSR count). The van der Waals surface area contributed by atoms with Gasteiger partial charge in [-0.15, -0.1) is 11.3 Å². The third kappa shape index (κ3) is 5.99. The van der Waals surface area contributed by atoms with E-state index in [0.717, 1.165) is 42.7 Å². The van der Waals surface area contributed by atoms with Crippen LogP contribution in [0.3, 0.4) is 0 Å². The number of thiophene rings is 1. The predicted octanol–water partition coefficient (Wildman–Crippen LogP) is 5.24. The van der Waals surface area contributed by atoms with Crippen LogP contribution in [-0.4, -0.2) is 29.3 Å². The molecule has 4 nitrogen and oxygen atoms in total. The highest BCUT2D eigenvalue weighted by Crippen LogP contribution is 2.40. The van der Waals surface area contributed by atoms with Crippen LogP contribution in [-0.2, 0) is 11.0 Å². The maximum absolute atomic E-state index is 12.8.